The number of esters is 1. The summed E-state index contributed by atoms with van der Waals surface area (Å²) in [6, 6.07) is 12.0. The van der Waals surface area contributed by atoms with Gasteiger partial charge in [-0.1, -0.05) is 18.2 Å². The van der Waals surface area contributed by atoms with Gasteiger partial charge in [-0.15, -0.1) is 11.3 Å². The lowest BCUT2D eigenvalue weighted by Crippen LogP contribution is -2.41. The minimum absolute atomic E-state index is 0.187. The maximum absolute atomic E-state index is 13.0. The van der Waals surface area contributed by atoms with Crippen LogP contribution in [0.5, 0.6) is 0 Å². The fourth-order valence-corrected chi connectivity index (χ4v) is 5.13. The van der Waals surface area contributed by atoms with E-state index in [-0.39, 0.29) is 17.8 Å². The van der Waals surface area contributed by atoms with Gasteiger partial charge in [0.1, 0.15) is 5.82 Å². The summed E-state index contributed by atoms with van der Waals surface area (Å²) >= 11 is 1.68. The molecule has 0 saturated carbocycles. The van der Waals surface area contributed by atoms with Gasteiger partial charge in [0.25, 0.3) is 5.91 Å². The molecule has 7 nitrogen and oxygen atoms in total. The number of benzene rings is 1. The number of hydrogen-bond donors (Lipinski definition) is 1. The molecular formula is C25H29N3O4S. The Morgan fingerprint density at radius 3 is 2.91 bits per heavy atom. The number of pyridine rings is 1. The van der Waals surface area contributed by atoms with Crippen LogP contribution in [-0.2, 0) is 14.3 Å². The Balaban J connectivity index is 1.70. The predicted molar refractivity (Wildman–Crippen MR) is 131 cm³/mol. The molecule has 1 saturated heterocycles. The molecule has 1 atom stereocenters. The lowest BCUT2D eigenvalue weighted by atomic mass is 9.97. The molecule has 0 bridgehead atoms. The SMILES string of the molecule is CCOC(=O)C1CCCN(c2nc(-c3csc4ccccc34)ccc2C(=O)NCCOC)C1. The number of carbonyl (C=O) groups excluding carboxylic acids is 2. The number of piperidine rings is 1. The van der Waals surface area contributed by atoms with E-state index < -0.39 is 0 Å². The maximum Gasteiger partial charge on any atom is 0.310 e. The summed E-state index contributed by atoms with van der Waals surface area (Å²) in [6.07, 6.45) is 1.61. The summed E-state index contributed by atoms with van der Waals surface area (Å²) in [7, 11) is 1.60. The van der Waals surface area contributed by atoms with Crippen LogP contribution in [0.3, 0.4) is 0 Å². The summed E-state index contributed by atoms with van der Waals surface area (Å²) in [5.41, 5.74) is 2.36. The summed E-state index contributed by atoms with van der Waals surface area (Å²) in [6.45, 7) is 4.24. The molecule has 1 aromatic carbocycles. The second-order valence-electron chi connectivity index (χ2n) is 8.00. The molecule has 1 N–H and O–H groups in total. The van der Waals surface area contributed by atoms with Crippen molar-refractivity contribution >= 4 is 39.1 Å². The van der Waals surface area contributed by atoms with Crippen LogP contribution in [0.1, 0.15) is 30.1 Å². The van der Waals surface area contributed by atoms with Gasteiger partial charge in [-0.25, -0.2) is 4.98 Å². The van der Waals surface area contributed by atoms with E-state index in [4.69, 9.17) is 14.5 Å². The minimum atomic E-state index is -0.226. The highest BCUT2D eigenvalue weighted by molar-refractivity contribution is 7.17. The highest BCUT2D eigenvalue weighted by atomic mass is 32.1. The fraction of sp³-hybridized carbons (Fsp3) is 0.400. The molecule has 4 rings (SSSR count). The zero-order valence-corrected chi connectivity index (χ0v) is 19.8. The molecule has 1 fully saturated rings. The summed E-state index contributed by atoms with van der Waals surface area (Å²) < 4.78 is 11.5. The fourth-order valence-electron chi connectivity index (χ4n) is 4.18. The molecule has 1 aliphatic heterocycles. The highest BCUT2D eigenvalue weighted by Crippen LogP contribution is 2.35. The minimum Gasteiger partial charge on any atom is -0.466 e. The summed E-state index contributed by atoms with van der Waals surface area (Å²) in [5, 5.41) is 6.14. The van der Waals surface area contributed by atoms with Crippen molar-refractivity contribution < 1.29 is 19.1 Å². The second kappa shape index (κ2) is 10.8. The summed E-state index contributed by atoms with van der Waals surface area (Å²) in [5.74, 6) is -0.00922. The van der Waals surface area contributed by atoms with Gasteiger partial charge in [0.2, 0.25) is 0 Å². The predicted octanol–water partition coefficient (Wildman–Crippen LogP) is 4.12. The molecule has 3 aromatic rings. The monoisotopic (exact) mass is 467 g/mol. The Morgan fingerprint density at radius 2 is 2.09 bits per heavy atom. The molecule has 0 aliphatic carbocycles. The van der Waals surface area contributed by atoms with Crippen LogP contribution >= 0.6 is 11.3 Å². The molecule has 0 radical (unpaired) electrons. The van der Waals surface area contributed by atoms with Crippen molar-refractivity contribution in [1.82, 2.24) is 10.3 Å². The first-order chi connectivity index (χ1) is 16.1. The van der Waals surface area contributed by atoms with Crippen molar-refractivity contribution in [3.8, 4) is 11.3 Å². The number of hydrogen-bond acceptors (Lipinski definition) is 7. The van der Waals surface area contributed by atoms with E-state index in [9.17, 15) is 9.59 Å². The van der Waals surface area contributed by atoms with Crippen molar-refractivity contribution in [2.75, 3.05) is 44.9 Å². The van der Waals surface area contributed by atoms with Crippen LogP contribution in [-0.4, -0.2) is 56.8 Å². The lowest BCUT2D eigenvalue weighted by Gasteiger charge is -2.33. The summed E-state index contributed by atoms with van der Waals surface area (Å²) in [4.78, 5) is 32.4. The second-order valence-corrected chi connectivity index (χ2v) is 8.91. The number of amides is 1. The zero-order valence-electron chi connectivity index (χ0n) is 19.0. The van der Waals surface area contributed by atoms with Gasteiger partial charge in [0, 0.05) is 47.8 Å². The zero-order chi connectivity index (χ0) is 23.2. The van der Waals surface area contributed by atoms with Crippen LogP contribution in [0.15, 0.2) is 41.8 Å². The Hall–Kier alpha value is -2.97. The average molecular weight is 468 g/mol. The highest BCUT2D eigenvalue weighted by Gasteiger charge is 2.30. The van der Waals surface area contributed by atoms with E-state index in [2.05, 4.69) is 22.8 Å². The standard InChI is InChI=1S/C25H29N3O4S/c1-3-32-25(30)17-7-6-13-28(15-17)23-19(24(29)26-12-14-31-2)10-11-21(27-23)20-16-33-22-9-5-4-8-18(20)22/h4-5,8-11,16-17H,3,6-7,12-15H2,1-2H3,(H,26,29). The largest absolute Gasteiger partial charge is 0.466 e. The Bertz CT molecular complexity index is 1130. The van der Waals surface area contributed by atoms with Crippen molar-refractivity contribution in [3.05, 3.63) is 47.3 Å². The Morgan fingerprint density at radius 1 is 1.24 bits per heavy atom. The Kier molecular flexibility index (Phi) is 7.57. The molecule has 33 heavy (non-hydrogen) atoms. The normalized spacial score (nSPS) is 16.1. The first kappa shape index (κ1) is 23.2. The molecule has 1 amide bonds. The molecule has 0 spiro atoms. The van der Waals surface area contributed by atoms with Gasteiger partial charge in [0.15, 0.2) is 0 Å². The van der Waals surface area contributed by atoms with Gasteiger partial charge in [-0.05, 0) is 38.0 Å². The van der Waals surface area contributed by atoms with Crippen molar-refractivity contribution in [2.45, 2.75) is 19.8 Å². The molecule has 3 heterocycles. The topological polar surface area (TPSA) is 80.8 Å². The number of rotatable bonds is 8. The van der Waals surface area contributed by atoms with Crippen molar-refractivity contribution in [3.63, 3.8) is 0 Å². The van der Waals surface area contributed by atoms with E-state index in [1.54, 1.807) is 18.4 Å². The third-order valence-electron chi connectivity index (χ3n) is 5.81. The number of aromatic nitrogens is 1. The Labute approximate surface area is 197 Å². The molecule has 1 aliphatic rings. The van der Waals surface area contributed by atoms with E-state index >= 15 is 0 Å². The van der Waals surface area contributed by atoms with E-state index in [0.29, 0.717) is 37.7 Å². The molecular weight excluding hydrogens is 438 g/mol. The first-order valence-corrected chi connectivity index (χ1v) is 12.2. The first-order valence-electron chi connectivity index (χ1n) is 11.3. The van der Waals surface area contributed by atoms with Crippen molar-refractivity contribution in [1.29, 1.82) is 0 Å². The molecule has 2 aromatic heterocycles. The van der Waals surface area contributed by atoms with Gasteiger partial charge in [0.05, 0.1) is 30.4 Å². The number of carbonyl (C=O) groups is 2. The third kappa shape index (κ3) is 5.17. The van der Waals surface area contributed by atoms with Gasteiger partial charge in [-0.3, -0.25) is 9.59 Å². The number of methoxy groups -OCH3 is 1. The number of fused-ring (bicyclic) bond motifs is 1. The van der Waals surface area contributed by atoms with E-state index in [0.717, 1.165) is 36.0 Å². The van der Waals surface area contributed by atoms with Crippen LogP contribution < -0.4 is 10.2 Å². The number of nitrogens with zero attached hydrogens (tertiary/aromatic N) is 2. The molecule has 8 heteroatoms. The van der Waals surface area contributed by atoms with Crippen LogP contribution in [0.2, 0.25) is 0 Å². The number of anilines is 1. The third-order valence-corrected chi connectivity index (χ3v) is 6.77. The maximum atomic E-state index is 13.0. The van der Waals surface area contributed by atoms with Crippen LogP contribution in [0.25, 0.3) is 21.3 Å². The van der Waals surface area contributed by atoms with E-state index in [1.165, 1.54) is 4.70 Å². The number of thiophene rings is 1. The van der Waals surface area contributed by atoms with E-state index in [1.807, 2.05) is 36.1 Å². The van der Waals surface area contributed by atoms with Crippen LogP contribution in [0, 0.1) is 5.92 Å². The van der Waals surface area contributed by atoms with Gasteiger partial charge in [-0.2, -0.15) is 0 Å². The molecule has 1 unspecified atom stereocenters. The quantitative estimate of drug-likeness (QED) is 0.397. The number of nitrogens with one attached hydrogen (secondary N) is 1. The lowest BCUT2D eigenvalue weighted by molar-refractivity contribution is -0.148. The molecule has 174 valence electrons. The van der Waals surface area contributed by atoms with Crippen molar-refractivity contribution in [2.24, 2.45) is 5.92 Å². The van der Waals surface area contributed by atoms with Gasteiger partial charge >= 0.3 is 5.97 Å². The average Bonchev–Trinajstić information content (AvgIpc) is 3.28. The van der Waals surface area contributed by atoms with Crippen LogP contribution in [0.4, 0.5) is 5.82 Å². The smallest absolute Gasteiger partial charge is 0.310 e. The number of ether oxygens (including phenoxy) is 2. The van der Waals surface area contributed by atoms with Gasteiger partial charge < -0.3 is 19.7 Å².